The Labute approximate surface area is 184 Å². The normalized spacial score (nSPS) is 23.9. The lowest BCUT2D eigenvalue weighted by atomic mass is 9.68. The van der Waals surface area contributed by atoms with Crippen LogP contribution in [-0.4, -0.2) is 34.9 Å². The predicted molar refractivity (Wildman–Crippen MR) is 120 cm³/mol. The topological polar surface area (TPSA) is 59.2 Å². The second-order valence-electron chi connectivity index (χ2n) is 8.37. The summed E-state index contributed by atoms with van der Waals surface area (Å²) < 4.78 is 0. The zero-order valence-electron chi connectivity index (χ0n) is 16.6. The van der Waals surface area contributed by atoms with E-state index in [9.17, 15) is 4.79 Å². The molecule has 0 unspecified atom stereocenters. The van der Waals surface area contributed by atoms with Gasteiger partial charge in [0.25, 0.3) is 5.91 Å². The van der Waals surface area contributed by atoms with Gasteiger partial charge < -0.3 is 10.6 Å². The van der Waals surface area contributed by atoms with E-state index in [1.165, 1.54) is 18.4 Å². The van der Waals surface area contributed by atoms with Gasteiger partial charge in [-0.3, -0.25) is 9.78 Å². The molecule has 2 saturated carbocycles. The SMILES string of the molecule is Cl.NC[C@]1(c2cccc(Cl)c2)CC[C@@H](N(CC2CC2)C(=O)c2cccnc2)CC1. The van der Waals surface area contributed by atoms with E-state index in [1.54, 1.807) is 12.4 Å². The molecule has 29 heavy (non-hydrogen) atoms. The lowest BCUT2D eigenvalue weighted by Gasteiger charge is -2.43. The van der Waals surface area contributed by atoms with Crippen LogP contribution in [0.2, 0.25) is 5.02 Å². The Kier molecular flexibility index (Phi) is 7.20. The molecular weight excluding hydrogens is 405 g/mol. The first kappa shape index (κ1) is 22.1. The largest absolute Gasteiger partial charge is 0.335 e. The fourth-order valence-electron chi connectivity index (χ4n) is 4.53. The van der Waals surface area contributed by atoms with E-state index < -0.39 is 0 Å². The van der Waals surface area contributed by atoms with Crippen LogP contribution in [0.1, 0.15) is 54.4 Å². The summed E-state index contributed by atoms with van der Waals surface area (Å²) in [6.07, 6.45) is 9.78. The van der Waals surface area contributed by atoms with Gasteiger partial charge in [0.2, 0.25) is 0 Å². The molecule has 6 heteroatoms. The highest BCUT2D eigenvalue weighted by Crippen LogP contribution is 2.42. The number of hydrogen-bond donors (Lipinski definition) is 1. The van der Waals surface area contributed by atoms with Gasteiger partial charge in [-0.05, 0) is 74.3 Å². The first-order valence-electron chi connectivity index (χ1n) is 10.3. The second-order valence-corrected chi connectivity index (χ2v) is 8.81. The zero-order chi connectivity index (χ0) is 19.6. The molecule has 0 saturated heterocycles. The van der Waals surface area contributed by atoms with E-state index in [1.807, 2.05) is 24.3 Å². The molecular formula is C23H29Cl2N3O. The van der Waals surface area contributed by atoms with Crippen LogP contribution in [0.3, 0.4) is 0 Å². The van der Waals surface area contributed by atoms with Crippen molar-refractivity contribution >= 4 is 29.9 Å². The lowest BCUT2D eigenvalue weighted by molar-refractivity contribution is 0.0581. The van der Waals surface area contributed by atoms with Gasteiger partial charge in [-0.25, -0.2) is 0 Å². The molecule has 4 rings (SSSR count). The molecule has 1 heterocycles. The van der Waals surface area contributed by atoms with Gasteiger partial charge in [0.15, 0.2) is 0 Å². The zero-order valence-corrected chi connectivity index (χ0v) is 18.2. The highest BCUT2D eigenvalue weighted by atomic mass is 35.5. The standard InChI is InChI=1S/C23H28ClN3O.ClH/c24-20-5-1-4-19(13-20)23(16-25)10-8-21(9-11-23)27(15-17-6-7-17)22(28)18-3-2-12-26-14-18;/h1-5,12-14,17,21H,6-11,15-16,25H2;1H/t21-,23+;. The van der Waals surface area contributed by atoms with E-state index >= 15 is 0 Å². The van der Waals surface area contributed by atoms with Gasteiger partial charge in [-0.15, -0.1) is 12.4 Å². The quantitative estimate of drug-likeness (QED) is 0.707. The van der Waals surface area contributed by atoms with E-state index in [-0.39, 0.29) is 29.8 Å². The van der Waals surface area contributed by atoms with Crippen LogP contribution >= 0.6 is 24.0 Å². The number of aromatic nitrogens is 1. The molecule has 0 spiro atoms. The van der Waals surface area contributed by atoms with E-state index in [4.69, 9.17) is 17.3 Å². The Bertz CT molecular complexity index is 818. The smallest absolute Gasteiger partial charge is 0.255 e. The van der Waals surface area contributed by atoms with Crippen molar-refractivity contribution in [1.82, 2.24) is 9.88 Å². The molecule has 1 aromatic carbocycles. The fraction of sp³-hybridized carbons (Fsp3) is 0.478. The van der Waals surface area contributed by atoms with Crippen LogP contribution in [-0.2, 0) is 5.41 Å². The lowest BCUT2D eigenvalue weighted by Crippen LogP contribution is -2.48. The number of halogens is 2. The molecule has 2 aromatic rings. The van der Waals surface area contributed by atoms with Crippen molar-refractivity contribution in [2.75, 3.05) is 13.1 Å². The summed E-state index contributed by atoms with van der Waals surface area (Å²) >= 11 is 6.24. The highest BCUT2D eigenvalue weighted by Gasteiger charge is 2.40. The third-order valence-corrected chi connectivity index (χ3v) is 6.74. The second kappa shape index (κ2) is 9.46. The minimum Gasteiger partial charge on any atom is -0.335 e. The van der Waals surface area contributed by atoms with Crippen molar-refractivity contribution in [3.63, 3.8) is 0 Å². The van der Waals surface area contributed by atoms with Gasteiger partial charge in [0.1, 0.15) is 0 Å². The van der Waals surface area contributed by atoms with E-state index in [2.05, 4.69) is 22.0 Å². The van der Waals surface area contributed by atoms with Crippen LogP contribution in [0.4, 0.5) is 0 Å². The maximum Gasteiger partial charge on any atom is 0.255 e. The molecule has 1 amide bonds. The molecule has 0 aliphatic heterocycles. The van der Waals surface area contributed by atoms with Crippen molar-refractivity contribution in [1.29, 1.82) is 0 Å². The Morgan fingerprint density at radius 2 is 1.93 bits per heavy atom. The molecule has 1 aromatic heterocycles. The van der Waals surface area contributed by atoms with Gasteiger partial charge in [0.05, 0.1) is 5.56 Å². The summed E-state index contributed by atoms with van der Waals surface area (Å²) in [5.41, 5.74) is 8.13. The van der Waals surface area contributed by atoms with Crippen LogP contribution < -0.4 is 5.73 Å². The number of hydrogen-bond acceptors (Lipinski definition) is 3. The minimum atomic E-state index is -0.0377. The Balaban J connectivity index is 0.00000240. The van der Waals surface area contributed by atoms with Crippen LogP contribution in [0.25, 0.3) is 0 Å². The minimum absolute atomic E-state index is 0. The van der Waals surface area contributed by atoms with E-state index in [0.717, 1.165) is 37.3 Å². The number of pyridine rings is 1. The third-order valence-electron chi connectivity index (χ3n) is 6.50. The monoisotopic (exact) mass is 433 g/mol. The molecule has 4 nitrogen and oxygen atoms in total. The number of carbonyl (C=O) groups excluding carboxylic acids is 1. The summed E-state index contributed by atoms with van der Waals surface area (Å²) in [5, 5.41) is 0.759. The third kappa shape index (κ3) is 4.93. The molecule has 2 fully saturated rings. The summed E-state index contributed by atoms with van der Waals surface area (Å²) in [4.78, 5) is 19.5. The van der Waals surface area contributed by atoms with Crippen molar-refractivity contribution < 1.29 is 4.79 Å². The molecule has 2 aliphatic carbocycles. The Hall–Kier alpha value is -1.62. The number of amides is 1. The highest BCUT2D eigenvalue weighted by molar-refractivity contribution is 6.30. The summed E-state index contributed by atoms with van der Waals surface area (Å²) in [6.45, 7) is 1.48. The van der Waals surface area contributed by atoms with Crippen LogP contribution in [0.5, 0.6) is 0 Å². The van der Waals surface area contributed by atoms with Crippen molar-refractivity contribution in [2.45, 2.75) is 50.0 Å². The summed E-state index contributed by atoms with van der Waals surface area (Å²) in [7, 11) is 0. The van der Waals surface area contributed by atoms with Crippen LogP contribution in [0.15, 0.2) is 48.8 Å². The predicted octanol–water partition coefficient (Wildman–Crippen LogP) is 4.85. The molecule has 156 valence electrons. The summed E-state index contributed by atoms with van der Waals surface area (Å²) in [5.74, 6) is 0.780. The van der Waals surface area contributed by atoms with E-state index in [0.29, 0.717) is 18.0 Å². The Morgan fingerprint density at radius 1 is 1.17 bits per heavy atom. The first-order chi connectivity index (χ1) is 13.6. The molecule has 2 aliphatic rings. The number of nitrogens with zero attached hydrogens (tertiary/aromatic N) is 2. The average Bonchev–Trinajstić information content (AvgIpc) is 3.57. The first-order valence-corrected chi connectivity index (χ1v) is 10.7. The summed E-state index contributed by atoms with van der Waals surface area (Å²) in [6, 6.07) is 12.1. The molecule has 0 atom stereocenters. The van der Waals surface area contributed by atoms with Crippen molar-refractivity contribution in [3.8, 4) is 0 Å². The number of benzene rings is 1. The maximum absolute atomic E-state index is 13.2. The Morgan fingerprint density at radius 3 is 2.52 bits per heavy atom. The fourth-order valence-corrected chi connectivity index (χ4v) is 4.72. The van der Waals surface area contributed by atoms with Gasteiger partial charge >= 0.3 is 0 Å². The maximum atomic E-state index is 13.2. The number of rotatable bonds is 6. The van der Waals surface area contributed by atoms with Gasteiger partial charge in [-0.1, -0.05) is 23.7 Å². The molecule has 0 bridgehead atoms. The average molecular weight is 434 g/mol. The van der Waals surface area contributed by atoms with Crippen molar-refractivity contribution in [2.24, 2.45) is 11.7 Å². The number of carbonyl (C=O) groups is 1. The molecule has 2 N–H and O–H groups in total. The molecule has 0 radical (unpaired) electrons. The van der Waals surface area contributed by atoms with Gasteiger partial charge in [0, 0.05) is 42.0 Å². The van der Waals surface area contributed by atoms with Gasteiger partial charge in [-0.2, -0.15) is 0 Å². The van der Waals surface area contributed by atoms with Crippen LogP contribution in [0, 0.1) is 5.92 Å². The number of nitrogens with two attached hydrogens (primary N) is 1. The van der Waals surface area contributed by atoms with Crippen molar-refractivity contribution in [3.05, 3.63) is 64.9 Å².